The molecule has 2 spiro atoms. The molecule has 0 N–H and O–H groups in total. The highest BCUT2D eigenvalue weighted by atomic mass is 32.1. The normalized spacial score (nSPS) is 13.9. The van der Waals surface area contributed by atoms with Crippen molar-refractivity contribution in [1.82, 2.24) is 0 Å². The second kappa shape index (κ2) is 15.0. The third-order valence-electron chi connectivity index (χ3n) is 15.8. The first-order valence-corrected chi connectivity index (χ1v) is 25.2. The zero-order chi connectivity index (χ0) is 46.0. The SMILES string of the molecule is c1ccc(N(c2ccc(-c3cccc4sc5ccccc5c34)cc2)c2cccc(-c3cccc4c3-c3ccccc3C43c4ccccc4C4(c5ccccc5-c5ccccc54)c4ccccc43)c2)cc1. The van der Waals surface area contributed by atoms with Crippen molar-refractivity contribution in [1.29, 1.82) is 0 Å². The van der Waals surface area contributed by atoms with E-state index in [-0.39, 0.29) is 0 Å². The van der Waals surface area contributed by atoms with Crippen molar-refractivity contribution in [2.24, 2.45) is 0 Å². The van der Waals surface area contributed by atoms with Crippen molar-refractivity contribution in [2.75, 3.05) is 4.90 Å². The smallest absolute Gasteiger partial charge is 0.0720 e. The number of hydrogen-bond donors (Lipinski definition) is 0. The summed E-state index contributed by atoms with van der Waals surface area (Å²) >= 11 is 1.87. The third-order valence-corrected chi connectivity index (χ3v) is 16.9. The molecule has 1 heterocycles. The van der Waals surface area contributed by atoms with Crippen LogP contribution in [0.2, 0.25) is 0 Å². The highest BCUT2D eigenvalue weighted by molar-refractivity contribution is 7.25. The molecule has 326 valence electrons. The lowest BCUT2D eigenvalue weighted by Crippen LogP contribution is -2.43. The summed E-state index contributed by atoms with van der Waals surface area (Å²) in [7, 11) is 0. The highest BCUT2D eigenvalue weighted by Gasteiger charge is 2.59. The molecule has 3 aliphatic rings. The molecule has 2 heteroatoms. The molecule has 0 saturated heterocycles. The van der Waals surface area contributed by atoms with Crippen LogP contribution in [0.3, 0.4) is 0 Å². The van der Waals surface area contributed by atoms with E-state index in [0.717, 1.165) is 17.1 Å². The van der Waals surface area contributed by atoms with Gasteiger partial charge in [-0.2, -0.15) is 0 Å². The molecular weight excluding hydrogens is 863 g/mol. The molecule has 0 fully saturated rings. The van der Waals surface area contributed by atoms with Gasteiger partial charge < -0.3 is 4.90 Å². The van der Waals surface area contributed by atoms with Crippen molar-refractivity contribution >= 4 is 48.6 Å². The Morgan fingerprint density at radius 3 is 1.39 bits per heavy atom. The zero-order valence-corrected chi connectivity index (χ0v) is 39.0. The number of fused-ring (bicyclic) bond motifs is 19. The van der Waals surface area contributed by atoms with Gasteiger partial charge in [-0.25, -0.2) is 0 Å². The van der Waals surface area contributed by atoms with Crippen LogP contribution in [-0.2, 0) is 10.8 Å². The fourth-order valence-corrected chi connectivity index (χ4v) is 14.3. The number of benzene rings is 11. The maximum absolute atomic E-state index is 2.43. The van der Waals surface area contributed by atoms with Gasteiger partial charge >= 0.3 is 0 Å². The summed E-state index contributed by atoms with van der Waals surface area (Å²) in [5, 5.41) is 2.65. The Morgan fingerprint density at radius 2 is 0.714 bits per heavy atom. The summed E-state index contributed by atoms with van der Waals surface area (Å²) in [6, 6.07) is 97.9. The van der Waals surface area contributed by atoms with Crippen LogP contribution < -0.4 is 4.90 Å². The second-order valence-corrected chi connectivity index (χ2v) is 20.1. The molecule has 0 aliphatic heterocycles. The number of para-hydroxylation sites is 1. The van der Waals surface area contributed by atoms with E-state index >= 15 is 0 Å². The summed E-state index contributed by atoms with van der Waals surface area (Å²) < 4.78 is 2.64. The third kappa shape index (κ3) is 5.21. The number of hydrogen-bond acceptors (Lipinski definition) is 2. The van der Waals surface area contributed by atoms with Gasteiger partial charge in [-0.3, -0.25) is 0 Å². The van der Waals surface area contributed by atoms with Crippen LogP contribution in [0.5, 0.6) is 0 Å². The Labute approximate surface area is 411 Å². The van der Waals surface area contributed by atoms with E-state index in [2.05, 4.69) is 266 Å². The quantitative estimate of drug-likeness (QED) is 0.166. The minimum atomic E-state index is -0.554. The molecule has 12 aromatic rings. The van der Waals surface area contributed by atoms with E-state index in [4.69, 9.17) is 0 Å². The van der Waals surface area contributed by atoms with Crippen LogP contribution in [0, 0.1) is 0 Å². The summed E-state index contributed by atoms with van der Waals surface area (Å²) in [4.78, 5) is 2.40. The van der Waals surface area contributed by atoms with Gasteiger partial charge in [-0.05, 0) is 138 Å². The van der Waals surface area contributed by atoms with Crippen molar-refractivity contribution < 1.29 is 0 Å². The summed E-state index contributed by atoms with van der Waals surface area (Å²) in [6.45, 7) is 0. The molecule has 0 saturated carbocycles. The molecule has 0 unspecified atom stereocenters. The van der Waals surface area contributed by atoms with Gasteiger partial charge in [-0.1, -0.05) is 212 Å². The molecule has 1 nitrogen and oxygen atoms in total. The standard InChI is InChI=1S/C68H43NS/c1-2-20-46(21-3-1)69(47-41-39-44(40-42-47)49-28-18-38-64-66(49)54-26-7-15-37-63(54)70-64)48-22-16-19-45(43-48)50-27-17-36-62-65(50)53-25-6-10-31-57(53)68(62)60-34-13-11-32-58(60)67(59-33-12-14-35-61(59)68)55-29-8-4-23-51(55)52-24-5-9-30-56(52)67/h1-43H. The van der Waals surface area contributed by atoms with Crippen LogP contribution in [0.4, 0.5) is 17.1 Å². The monoisotopic (exact) mass is 905 g/mol. The van der Waals surface area contributed by atoms with Crippen molar-refractivity contribution in [3.05, 3.63) is 305 Å². The summed E-state index contributed by atoms with van der Waals surface area (Å²) in [5.74, 6) is 0. The molecule has 1 aromatic heterocycles. The highest BCUT2D eigenvalue weighted by Crippen LogP contribution is 2.68. The fourth-order valence-electron chi connectivity index (χ4n) is 13.2. The Bertz CT molecular complexity index is 3990. The first-order chi connectivity index (χ1) is 34.7. The number of thiophene rings is 1. The summed E-state index contributed by atoms with van der Waals surface area (Å²) in [5.41, 5.74) is 23.2. The van der Waals surface area contributed by atoms with Crippen molar-refractivity contribution in [3.63, 3.8) is 0 Å². The van der Waals surface area contributed by atoms with Gasteiger partial charge in [0.25, 0.3) is 0 Å². The second-order valence-electron chi connectivity index (χ2n) is 19.0. The predicted octanol–water partition coefficient (Wildman–Crippen LogP) is 17.9. The Balaban J connectivity index is 0.914. The van der Waals surface area contributed by atoms with Gasteiger partial charge in [0.1, 0.15) is 0 Å². The lowest BCUT2D eigenvalue weighted by molar-refractivity contribution is 0.633. The molecule has 3 aliphatic carbocycles. The van der Waals surface area contributed by atoms with E-state index in [1.165, 1.54) is 109 Å². The van der Waals surface area contributed by atoms with Crippen LogP contribution in [0.1, 0.15) is 44.5 Å². The van der Waals surface area contributed by atoms with Crippen LogP contribution in [-0.4, -0.2) is 0 Å². The molecule has 0 radical (unpaired) electrons. The summed E-state index contributed by atoms with van der Waals surface area (Å²) in [6.07, 6.45) is 0. The van der Waals surface area contributed by atoms with Gasteiger partial charge in [0.2, 0.25) is 0 Å². The van der Waals surface area contributed by atoms with Gasteiger partial charge in [-0.15, -0.1) is 11.3 Å². The van der Waals surface area contributed by atoms with Crippen molar-refractivity contribution in [2.45, 2.75) is 10.8 Å². The number of rotatable bonds is 5. The lowest BCUT2D eigenvalue weighted by Gasteiger charge is -2.48. The van der Waals surface area contributed by atoms with E-state index < -0.39 is 10.8 Å². The van der Waals surface area contributed by atoms with Crippen LogP contribution >= 0.6 is 11.3 Å². The first kappa shape index (κ1) is 39.4. The van der Waals surface area contributed by atoms with Crippen LogP contribution in [0.25, 0.3) is 64.7 Å². The van der Waals surface area contributed by atoms with Gasteiger partial charge in [0, 0.05) is 37.2 Å². The maximum atomic E-state index is 2.43. The lowest BCUT2D eigenvalue weighted by atomic mass is 9.52. The molecule has 15 rings (SSSR count). The first-order valence-electron chi connectivity index (χ1n) is 24.3. The Hall–Kier alpha value is -8.56. The predicted molar refractivity (Wildman–Crippen MR) is 293 cm³/mol. The Morgan fingerprint density at radius 1 is 0.271 bits per heavy atom. The van der Waals surface area contributed by atoms with Crippen molar-refractivity contribution in [3.8, 4) is 44.5 Å². The minimum absolute atomic E-state index is 0.472. The zero-order valence-electron chi connectivity index (χ0n) is 38.2. The van der Waals surface area contributed by atoms with Crippen LogP contribution in [0.15, 0.2) is 261 Å². The van der Waals surface area contributed by atoms with E-state index in [1.54, 1.807) is 0 Å². The molecular formula is C68H43NS. The number of anilines is 3. The topological polar surface area (TPSA) is 3.24 Å². The largest absolute Gasteiger partial charge is 0.310 e. The van der Waals surface area contributed by atoms with E-state index in [0.29, 0.717) is 0 Å². The molecule has 11 aromatic carbocycles. The fraction of sp³-hybridized carbons (Fsp3) is 0.0294. The average molecular weight is 906 g/mol. The molecule has 0 atom stereocenters. The molecule has 0 bridgehead atoms. The Kier molecular flexibility index (Phi) is 8.43. The molecule has 0 amide bonds. The van der Waals surface area contributed by atoms with E-state index in [1.807, 2.05) is 11.3 Å². The maximum Gasteiger partial charge on any atom is 0.0720 e. The van der Waals surface area contributed by atoms with Gasteiger partial charge in [0.15, 0.2) is 0 Å². The average Bonchev–Trinajstić information content (AvgIpc) is 4.07. The van der Waals surface area contributed by atoms with Gasteiger partial charge in [0.05, 0.1) is 10.8 Å². The van der Waals surface area contributed by atoms with E-state index in [9.17, 15) is 0 Å². The number of nitrogens with zero attached hydrogens (tertiary/aromatic N) is 1. The minimum Gasteiger partial charge on any atom is -0.310 e. The molecule has 70 heavy (non-hydrogen) atoms.